The van der Waals surface area contributed by atoms with E-state index in [1.54, 1.807) is 39.0 Å². The normalized spacial score (nSPS) is 16.9. The summed E-state index contributed by atoms with van der Waals surface area (Å²) in [5, 5.41) is 12.9. The number of fused-ring (bicyclic) bond motifs is 1. The number of rotatable bonds is 5. The van der Waals surface area contributed by atoms with Crippen molar-refractivity contribution in [1.29, 1.82) is 0 Å². The number of piperazine rings is 1. The Kier molecular flexibility index (Phi) is 7.46. The van der Waals surface area contributed by atoms with Crippen molar-refractivity contribution in [2.24, 2.45) is 0 Å². The molecule has 2 aromatic heterocycles. The van der Waals surface area contributed by atoms with E-state index >= 15 is 0 Å². The highest BCUT2D eigenvalue weighted by Crippen LogP contribution is 2.26. The van der Waals surface area contributed by atoms with Crippen LogP contribution in [0, 0.1) is 0 Å². The van der Waals surface area contributed by atoms with Crippen LogP contribution in [-0.2, 0) is 26.1 Å². The zero-order chi connectivity index (χ0) is 27.8. The standard InChI is InChI=1S/C24H27ClN4O8S/c1-24(2,3)37-23(33)29-7-6-28(38(34,35)21-9-14-8-15(25)4-5-17(14)27-21)12-18(29)22(32)26-11-16-10-19(30)20(31)13-36-16/h4-5,8-10,13,18,27,31H,6-7,11-12H2,1-3H3,(H,26,32). The van der Waals surface area contributed by atoms with Crippen LogP contribution in [-0.4, -0.2) is 71.0 Å². The van der Waals surface area contributed by atoms with Crippen molar-refractivity contribution in [2.45, 2.75) is 44.0 Å². The lowest BCUT2D eigenvalue weighted by Gasteiger charge is -2.40. The summed E-state index contributed by atoms with van der Waals surface area (Å²) in [5.41, 5.74) is -0.960. The number of hydrogen-bond acceptors (Lipinski definition) is 8. The molecule has 1 saturated heterocycles. The van der Waals surface area contributed by atoms with E-state index in [-0.39, 0.29) is 37.0 Å². The van der Waals surface area contributed by atoms with Gasteiger partial charge in [-0.3, -0.25) is 14.5 Å². The third-order valence-electron chi connectivity index (χ3n) is 5.75. The number of aromatic hydroxyl groups is 1. The summed E-state index contributed by atoms with van der Waals surface area (Å²) in [4.78, 5) is 41.8. The molecule has 1 atom stereocenters. The first-order valence-corrected chi connectivity index (χ1v) is 13.4. The van der Waals surface area contributed by atoms with Crippen LogP contribution in [0.1, 0.15) is 26.5 Å². The van der Waals surface area contributed by atoms with Crippen molar-refractivity contribution >= 4 is 44.5 Å². The smallest absolute Gasteiger partial charge is 0.411 e. The van der Waals surface area contributed by atoms with Gasteiger partial charge in [0.05, 0.1) is 6.54 Å². The molecule has 4 rings (SSSR count). The molecule has 1 unspecified atom stereocenters. The third kappa shape index (κ3) is 5.95. The highest BCUT2D eigenvalue weighted by molar-refractivity contribution is 7.89. The lowest BCUT2D eigenvalue weighted by atomic mass is 10.1. The minimum absolute atomic E-state index is 0.0574. The van der Waals surface area contributed by atoms with Crippen LogP contribution in [0.2, 0.25) is 5.02 Å². The molecule has 0 bridgehead atoms. The SMILES string of the molecule is CC(C)(C)OC(=O)N1CCN(S(=O)(=O)c2cc3cc(Cl)ccc3[nH]2)CC1C(=O)NCc1cc(=O)c(O)co1. The Morgan fingerprint density at radius 3 is 2.66 bits per heavy atom. The molecule has 2 amide bonds. The zero-order valence-electron chi connectivity index (χ0n) is 20.9. The second-order valence-electron chi connectivity index (χ2n) is 9.73. The van der Waals surface area contributed by atoms with Gasteiger partial charge in [-0.15, -0.1) is 0 Å². The lowest BCUT2D eigenvalue weighted by Crippen LogP contribution is -2.62. The number of nitrogens with zero attached hydrogens (tertiary/aromatic N) is 2. The maximum atomic E-state index is 13.5. The van der Waals surface area contributed by atoms with Crippen molar-refractivity contribution in [2.75, 3.05) is 19.6 Å². The number of halogens is 1. The van der Waals surface area contributed by atoms with Crippen LogP contribution in [0.3, 0.4) is 0 Å². The summed E-state index contributed by atoms with van der Waals surface area (Å²) < 4.78 is 38.6. The Hall–Kier alpha value is -3.55. The van der Waals surface area contributed by atoms with Crippen LogP contribution in [0.4, 0.5) is 4.79 Å². The van der Waals surface area contributed by atoms with Gasteiger partial charge in [-0.25, -0.2) is 13.2 Å². The Morgan fingerprint density at radius 1 is 1.24 bits per heavy atom. The summed E-state index contributed by atoms with van der Waals surface area (Å²) >= 11 is 6.02. The maximum Gasteiger partial charge on any atom is 0.411 e. The Morgan fingerprint density at radius 2 is 1.97 bits per heavy atom. The molecule has 0 saturated carbocycles. The topological polar surface area (TPSA) is 162 Å². The van der Waals surface area contributed by atoms with Gasteiger partial charge in [-0.05, 0) is 45.0 Å². The van der Waals surface area contributed by atoms with Gasteiger partial charge in [0.25, 0.3) is 10.0 Å². The molecule has 3 heterocycles. The third-order valence-corrected chi connectivity index (χ3v) is 7.78. The molecule has 12 nitrogen and oxygen atoms in total. The van der Waals surface area contributed by atoms with Crippen molar-refractivity contribution < 1.29 is 32.3 Å². The first-order chi connectivity index (χ1) is 17.7. The highest BCUT2D eigenvalue weighted by atomic mass is 35.5. The van der Waals surface area contributed by atoms with Crippen molar-refractivity contribution in [3.63, 3.8) is 0 Å². The quantitative estimate of drug-likeness (QED) is 0.424. The highest BCUT2D eigenvalue weighted by Gasteiger charge is 2.41. The van der Waals surface area contributed by atoms with E-state index in [4.69, 9.17) is 20.8 Å². The van der Waals surface area contributed by atoms with E-state index in [0.717, 1.165) is 16.6 Å². The van der Waals surface area contributed by atoms with E-state index < -0.39 is 44.8 Å². The molecular weight excluding hydrogens is 540 g/mol. The second kappa shape index (κ2) is 10.3. The van der Waals surface area contributed by atoms with Gasteiger partial charge in [-0.1, -0.05) is 11.6 Å². The molecular formula is C24H27ClN4O8S. The van der Waals surface area contributed by atoms with Gasteiger partial charge in [0.15, 0.2) is 5.75 Å². The molecule has 1 aliphatic heterocycles. The van der Waals surface area contributed by atoms with Gasteiger partial charge >= 0.3 is 6.09 Å². The minimum atomic E-state index is -4.08. The van der Waals surface area contributed by atoms with Crippen molar-refractivity contribution in [3.05, 3.63) is 57.6 Å². The van der Waals surface area contributed by atoms with E-state index in [1.165, 1.54) is 11.0 Å². The summed E-state index contributed by atoms with van der Waals surface area (Å²) in [6.07, 6.45) is 0.0744. The number of amides is 2. The molecule has 38 heavy (non-hydrogen) atoms. The summed E-state index contributed by atoms with van der Waals surface area (Å²) in [6, 6.07) is 6.16. The molecule has 1 fully saturated rings. The molecule has 0 spiro atoms. The largest absolute Gasteiger partial charge is 0.502 e. The monoisotopic (exact) mass is 566 g/mol. The number of nitrogens with one attached hydrogen (secondary N) is 2. The average molecular weight is 567 g/mol. The first kappa shape index (κ1) is 27.5. The predicted molar refractivity (Wildman–Crippen MR) is 137 cm³/mol. The maximum absolute atomic E-state index is 13.5. The lowest BCUT2D eigenvalue weighted by molar-refractivity contribution is -0.128. The van der Waals surface area contributed by atoms with Crippen LogP contribution >= 0.6 is 11.6 Å². The number of hydrogen-bond donors (Lipinski definition) is 3. The zero-order valence-corrected chi connectivity index (χ0v) is 22.4. The number of aromatic amines is 1. The second-order valence-corrected chi connectivity index (χ2v) is 12.1. The molecule has 14 heteroatoms. The minimum Gasteiger partial charge on any atom is -0.502 e. The number of aromatic nitrogens is 1. The van der Waals surface area contributed by atoms with Crippen LogP contribution in [0.5, 0.6) is 5.75 Å². The number of ether oxygens (including phenoxy) is 1. The fourth-order valence-electron chi connectivity index (χ4n) is 3.92. The summed E-state index contributed by atoms with van der Waals surface area (Å²) in [5.74, 6) is -1.21. The molecule has 0 radical (unpaired) electrons. The molecule has 1 aliphatic rings. The predicted octanol–water partition coefficient (Wildman–Crippen LogP) is 2.41. The number of carbonyl (C=O) groups excluding carboxylic acids is 2. The molecule has 3 N–H and O–H groups in total. The Labute approximate surface area is 223 Å². The number of sulfonamides is 1. The van der Waals surface area contributed by atoms with Crippen LogP contribution in [0.25, 0.3) is 10.9 Å². The number of H-pyrrole nitrogens is 1. The van der Waals surface area contributed by atoms with E-state index in [0.29, 0.717) is 15.9 Å². The molecule has 3 aromatic rings. The Balaban J connectivity index is 1.58. The Bertz CT molecular complexity index is 1540. The fraction of sp³-hybridized carbons (Fsp3) is 0.375. The molecule has 204 valence electrons. The van der Waals surface area contributed by atoms with Crippen molar-refractivity contribution in [1.82, 2.24) is 19.5 Å². The van der Waals surface area contributed by atoms with E-state index in [9.17, 15) is 27.9 Å². The summed E-state index contributed by atoms with van der Waals surface area (Å²) in [7, 11) is -4.08. The molecule has 1 aromatic carbocycles. The summed E-state index contributed by atoms with van der Waals surface area (Å²) in [6.45, 7) is 4.27. The van der Waals surface area contributed by atoms with Crippen LogP contribution in [0.15, 0.2) is 50.8 Å². The first-order valence-electron chi connectivity index (χ1n) is 11.6. The fourth-order valence-corrected chi connectivity index (χ4v) is 5.56. The van der Waals surface area contributed by atoms with Gasteiger partial charge in [-0.2, -0.15) is 4.31 Å². The van der Waals surface area contributed by atoms with Gasteiger partial charge < -0.3 is 24.6 Å². The van der Waals surface area contributed by atoms with Crippen molar-refractivity contribution in [3.8, 4) is 5.75 Å². The number of carbonyl (C=O) groups is 2. The molecule has 0 aliphatic carbocycles. The van der Waals surface area contributed by atoms with E-state index in [2.05, 4.69) is 10.3 Å². The van der Waals surface area contributed by atoms with Gasteiger partial charge in [0.1, 0.15) is 28.7 Å². The van der Waals surface area contributed by atoms with E-state index in [1.807, 2.05) is 0 Å². The average Bonchev–Trinajstić information content (AvgIpc) is 3.27. The number of benzene rings is 1. The van der Waals surface area contributed by atoms with Crippen LogP contribution < -0.4 is 10.7 Å². The van der Waals surface area contributed by atoms with Gasteiger partial charge in [0.2, 0.25) is 11.3 Å². The van der Waals surface area contributed by atoms with Gasteiger partial charge in [0, 0.05) is 41.6 Å².